The number of hydrogen-bond donors (Lipinski definition) is 0. The van der Waals surface area contributed by atoms with E-state index in [-0.39, 0.29) is 0 Å². The van der Waals surface area contributed by atoms with E-state index in [0.29, 0.717) is 13.3 Å². The third-order valence-electron chi connectivity index (χ3n) is 2.81. The predicted molar refractivity (Wildman–Crippen MR) is 61.2 cm³/mol. The summed E-state index contributed by atoms with van der Waals surface area (Å²) in [6.07, 6.45) is -7.77. The zero-order valence-corrected chi connectivity index (χ0v) is 11.6. The normalized spacial score (nSPS) is 15.6. The van der Waals surface area contributed by atoms with Gasteiger partial charge < -0.3 is 9.47 Å². The molecule has 0 saturated carbocycles. The van der Waals surface area contributed by atoms with Crippen molar-refractivity contribution in [3.8, 4) is 0 Å². The molecular formula is C12H19F3O4. The smallest absolute Gasteiger partial charge is 0.425 e. The van der Waals surface area contributed by atoms with Gasteiger partial charge in [-0.05, 0) is 34.1 Å². The summed E-state index contributed by atoms with van der Waals surface area (Å²) in [6, 6.07) is 0. The van der Waals surface area contributed by atoms with Crippen LogP contribution in [0.25, 0.3) is 0 Å². The highest BCUT2D eigenvalue weighted by Gasteiger charge is 2.40. The molecule has 0 heterocycles. The van der Waals surface area contributed by atoms with Crippen LogP contribution in [-0.4, -0.2) is 30.3 Å². The number of carbonyl (C=O) groups excluding carboxylic acids is 2. The van der Waals surface area contributed by atoms with Crippen molar-refractivity contribution >= 4 is 11.9 Å². The van der Waals surface area contributed by atoms with Gasteiger partial charge in [0.1, 0.15) is 0 Å². The first-order valence-corrected chi connectivity index (χ1v) is 5.90. The van der Waals surface area contributed by atoms with Gasteiger partial charge in [-0.3, -0.25) is 4.79 Å². The number of carbonyl (C=O) groups is 2. The van der Waals surface area contributed by atoms with Crippen molar-refractivity contribution in [1.82, 2.24) is 0 Å². The molecule has 0 aliphatic rings. The van der Waals surface area contributed by atoms with Gasteiger partial charge in [-0.1, -0.05) is 6.92 Å². The molecule has 0 fully saturated rings. The number of halogens is 3. The second-order valence-corrected chi connectivity index (χ2v) is 4.91. The molecule has 2 atom stereocenters. The number of rotatable bonds is 5. The van der Waals surface area contributed by atoms with E-state index in [9.17, 15) is 22.8 Å². The fourth-order valence-corrected chi connectivity index (χ4v) is 0.849. The molecule has 0 aliphatic carbocycles. The second-order valence-electron chi connectivity index (χ2n) is 4.91. The van der Waals surface area contributed by atoms with Crippen molar-refractivity contribution < 1.29 is 32.2 Å². The van der Waals surface area contributed by atoms with E-state index >= 15 is 0 Å². The van der Waals surface area contributed by atoms with E-state index < -0.39 is 35.7 Å². The average molecular weight is 284 g/mol. The van der Waals surface area contributed by atoms with E-state index in [0.717, 1.165) is 0 Å². The fraction of sp³-hybridized carbons (Fsp3) is 0.833. The first-order chi connectivity index (χ1) is 8.41. The second kappa shape index (κ2) is 6.25. The molecule has 0 rings (SSSR count). The summed E-state index contributed by atoms with van der Waals surface area (Å²) >= 11 is 0. The molecule has 0 amide bonds. The first-order valence-electron chi connectivity index (χ1n) is 5.90. The minimum absolute atomic E-state index is 0.479. The molecule has 0 N–H and O–H groups in total. The van der Waals surface area contributed by atoms with Crippen LogP contribution in [0.1, 0.15) is 41.0 Å². The zero-order valence-electron chi connectivity index (χ0n) is 11.6. The minimum Gasteiger partial charge on any atom is -0.450 e. The van der Waals surface area contributed by atoms with Gasteiger partial charge in [0.05, 0.1) is 5.41 Å². The lowest BCUT2D eigenvalue weighted by Crippen LogP contribution is -2.38. The molecule has 112 valence electrons. The molecule has 4 nitrogen and oxygen atoms in total. The van der Waals surface area contributed by atoms with Crippen LogP contribution >= 0.6 is 0 Å². The highest BCUT2D eigenvalue weighted by molar-refractivity contribution is 5.81. The van der Waals surface area contributed by atoms with E-state index in [1.165, 1.54) is 6.92 Å². The molecule has 0 bridgehead atoms. The summed E-state index contributed by atoms with van der Waals surface area (Å²) in [5, 5.41) is 0. The van der Waals surface area contributed by atoms with Crippen molar-refractivity contribution in [3.63, 3.8) is 0 Å². The monoisotopic (exact) mass is 284 g/mol. The highest BCUT2D eigenvalue weighted by atomic mass is 19.4. The van der Waals surface area contributed by atoms with Crippen LogP contribution in [0.15, 0.2) is 0 Å². The average Bonchev–Trinajstić information content (AvgIpc) is 2.27. The summed E-state index contributed by atoms with van der Waals surface area (Å²) in [7, 11) is 0. The highest BCUT2D eigenvalue weighted by Crippen LogP contribution is 2.24. The topological polar surface area (TPSA) is 52.6 Å². The van der Waals surface area contributed by atoms with Gasteiger partial charge in [-0.25, -0.2) is 4.79 Å². The molecule has 19 heavy (non-hydrogen) atoms. The van der Waals surface area contributed by atoms with Crippen molar-refractivity contribution in [2.45, 2.75) is 59.4 Å². The number of alkyl halides is 3. The van der Waals surface area contributed by atoms with E-state index in [1.807, 2.05) is 0 Å². The molecule has 0 radical (unpaired) electrons. The summed E-state index contributed by atoms with van der Waals surface area (Å²) < 4.78 is 45.6. The molecule has 7 heteroatoms. The molecular weight excluding hydrogens is 265 g/mol. The SMILES string of the molecule is CCC(C)(C)C(=O)OC(C)C(=O)OC(C)C(F)(F)F. The standard InChI is InChI=1S/C12H19F3O4/c1-6-11(4,5)10(17)18-7(2)9(16)19-8(3)12(13,14)15/h7-8H,6H2,1-5H3. The van der Waals surface area contributed by atoms with E-state index in [4.69, 9.17) is 4.74 Å². The molecule has 0 saturated heterocycles. The third-order valence-corrected chi connectivity index (χ3v) is 2.81. The van der Waals surface area contributed by atoms with Crippen LogP contribution in [-0.2, 0) is 19.1 Å². The Balaban J connectivity index is 4.49. The minimum atomic E-state index is -4.64. The Morgan fingerprint density at radius 2 is 1.58 bits per heavy atom. The molecule has 0 spiro atoms. The molecule has 0 aromatic rings. The Labute approximate surface area is 110 Å². The van der Waals surface area contributed by atoms with Gasteiger partial charge in [0.15, 0.2) is 12.2 Å². The molecule has 0 aromatic carbocycles. The van der Waals surface area contributed by atoms with Crippen LogP contribution in [0.3, 0.4) is 0 Å². The quantitative estimate of drug-likeness (QED) is 0.728. The van der Waals surface area contributed by atoms with Gasteiger partial charge >= 0.3 is 18.1 Å². The summed E-state index contributed by atoms with van der Waals surface area (Å²) in [5.74, 6) is -1.87. The van der Waals surface area contributed by atoms with Crippen LogP contribution in [0.2, 0.25) is 0 Å². The van der Waals surface area contributed by atoms with Gasteiger partial charge in [0, 0.05) is 0 Å². The van der Waals surface area contributed by atoms with Crippen molar-refractivity contribution in [3.05, 3.63) is 0 Å². The maximum absolute atomic E-state index is 12.2. The Morgan fingerprint density at radius 3 is 1.95 bits per heavy atom. The maximum atomic E-state index is 12.2. The van der Waals surface area contributed by atoms with E-state index in [1.54, 1.807) is 20.8 Å². The first kappa shape index (κ1) is 17.7. The van der Waals surface area contributed by atoms with Crippen LogP contribution in [0.5, 0.6) is 0 Å². The maximum Gasteiger partial charge on any atom is 0.425 e. The number of ether oxygens (including phenoxy) is 2. The Bertz CT molecular complexity index is 336. The zero-order chi connectivity index (χ0) is 15.4. The largest absolute Gasteiger partial charge is 0.450 e. The number of hydrogen-bond acceptors (Lipinski definition) is 4. The van der Waals surface area contributed by atoms with Crippen molar-refractivity contribution in [1.29, 1.82) is 0 Å². The van der Waals surface area contributed by atoms with Gasteiger partial charge in [-0.2, -0.15) is 13.2 Å². The van der Waals surface area contributed by atoms with Crippen LogP contribution < -0.4 is 0 Å². The number of esters is 2. The molecule has 0 aromatic heterocycles. The lowest BCUT2D eigenvalue weighted by atomic mass is 9.91. The Hall–Kier alpha value is -1.27. The molecule has 0 aliphatic heterocycles. The lowest BCUT2D eigenvalue weighted by Gasteiger charge is -2.24. The fourth-order valence-electron chi connectivity index (χ4n) is 0.849. The lowest BCUT2D eigenvalue weighted by molar-refractivity contribution is -0.221. The summed E-state index contributed by atoms with van der Waals surface area (Å²) in [4.78, 5) is 23.0. The Morgan fingerprint density at radius 1 is 1.11 bits per heavy atom. The van der Waals surface area contributed by atoms with Gasteiger partial charge in [0.2, 0.25) is 0 Å². The van der Waals surface area contributed by atoms with E-state index in [2.05, 4.69) is 4.74 Å². The third kappa shape index (κ3) is 5.48. The molecule has 2 unspecified atom stereocenters. The Kier molecular flexibility index (Phi) is 5.83. The van der Waals surface area contributed by atoms with Crippen molar-refractivity contribution in [2.75, 3.05) is 0 Å². The summed E-state index contributed by atoms with van der Waals surface area (Å²) in [6.45, 7) is 6.88. The van der Waals surface area contributed by atoms with Gasteiger partial charge in [-0.15, -0.1) is 0 Å². The predicted octanol–water partition coefficient (Wildman–Crippen LogP) is 2.85. The van der Waals surface area contributed by atoms with Crippen LogP contribution in [0.4, 0.5) is 13.2 Å². The van der Waals surface area contributed by atoms with Gasteiger partial charge in [0.25, 0.3) is 0 Å². The van der Waals surface area contributed by atoms with Crippen molar-refractivity contribution in [2.24, 2.45) is 5.41 Å². The van der Waals surface area contributed by atoms with Crippen LogP contribution in [0, 0.1) is 5.41 Å². The summed E-state index contributed by atoms with van der Waals surface area (Å²) in [5.41, 5.74) is -0.801.